The summed E-state index contributed by atoms with van der Waals surface area (Å²) >= 11 is 18.2. The highest BCUT2D eigenvalue weighted by Gasteiger charge is 2.30. The minimum Gasteiger partial charge on any atom is -0.323 e. The Kier molecular flexibility index (Phi) is 7.64. The van der Waals surface area contributed by atoms with E-state index in [-0.39, 0.29) is 5.62 Å². The maximum atomic E-state index is 6.22. The third-order valence-corrected chi connectivity index (χ3v) is 5.07. The summed E-state index contributed by atoms with van der Waals surface area (Å²) in [6, 6.07) is 0. The van der Waals surface area contributed by atoms with Crippen LogP contribution in [0.5, 0.6) is 0 Å². The summed E-state index contributed by atoms with van der Waals surface area (Å²) in [6.45, 7) is 13.0. The molecule has 0 radical (unpaired) electrons. The molecule has 8 heteroatoms. The molecule has 5 nitrogen and oxygen atoms in total. The molecule has 0 amide bonds. The molecule has 1 N–H and O–H groups in total. The average Bonchev–Trinajstić information content (AvgIpc) is 2.40. The molecule has 1 aliphatic heterocycles. The molecule has 0 aromatic heterocycles. The number of hydrazine groups is 1. The van der Waals surface area contributed by atoms with Gasteiger partial charge in [-0.15, -0.1) is 0 Å². The third kappa shape index (κ3) is 4.86. The van der Waals surface area contributed by atoms with E-state index in [9.17, 15) is 0 Å². The van der Waals surface area contributed by atoms with Crippen molar-refractivity contribution in [3.05, 3.63) is 0 Å². The number of rotatable bonds is 7. The van der Waals surface area contributed by atoms with Gasteiger partial charge in [0.15, 0.2) is 5.62 Å². The van der Waals surface area contributed by atoms with Crippen LogP contribution in [0.3, 0.4) is 0 Å². The lowest BCUT2D eigenvalue weighted by molar-refractivity contribution is -0.922. The molecule has 0 aromatic carbocycles. The third-order valence-electron chi connectivity index (χ3n) is 4.00. The predicted molar refractivity (Wildman–Crippen MR) is 81.4 cm³/mol. The van der Waals surface area contributed by atoms with Crippen molar-refractivity contribution in [3.8, 4) is 0 Å². The normalized spacial score (nSPS) is 24.0. The Labute approximate surface area is 131 Å². The molecule has 1 rings (SSSR count). The second kappa shape index (κ2) is 8.20. The highest BCUT2D eigenvalue weighted by atomic mass is 35.5. The lowest BCUT2D eigenvalue weighted by Crippen LogP contribution is -2.60. The first-order valence-corrected chi connectivity index (χ1v) is 7.91. The number of nitrogens with one attached hydrogen (secondary N) is 1. The van der Waals surface area contributed by atoms with Gasteiger partial charge < -0.3 is 4.48 Å². The fraction of sp³-hybridized carbons (Fsp3) is 1.00. The predicted octanol–water partition coefficient (Wildman–Crippen LogP) is 2.03. The zero-order valence-electron chi connectivity index (χ0n) is 11.9. The van der Waals surface area contributed by atoms with E-state index in [1.165, 1.54) is 4.42 Å². The SMILES string of the molecule is CC[N+](CC)(CC)CCNN1CN(Cl)CN(Cl)C1Cl. The van der Waals surface area contributed by atoms with E-state index in [1.807, 2.05) is 5.01 Å². The Bertz CT molecular complexity index is 256. The summed E-state index contributed by atoms with van der Waals surface area (Å²) in [6.07, 6.45) is 0. The van der Waals surface area contributed by atoms with Crippen LogP contribution in [-0.4, -0.2) is 70.0 Å². The molecule has 0 aromatic rings. The zero-order chi connectivity index (χ0) is 14.5. The Morgan fingerprint density at radius 2 is 1.68 bits per heavy atom. The average molecular weight is 334 g/mol. The minimum absolute atomic E-state index is 0.386. The molecule has 19 heavy (non-hydrogen) atoms. The molecule has 114 valence electrons. The summed E-state index contributed by atoms with van der Waals surface area (Å²) < 4.78 is 4.15. The van der Waals surface area contributed by atoms with Gasteiger partial charge in [0.05, 0.1) is 46.1 Å². The Balaban J connectivity index is 2.43. The van der Waals surface area contributed by atoms with Crippen LogP contribution in [0.15, 0.2) is 0 Å². The van der Waals surface area contributed by atoms with Crippen LogP contribution in [0, 0.1) is 0 Å². The summed E-state index contributed by atoms with van der Waals surface area (Å²) in [7, 11) is 0. The molecule has 1 fully saturated rings. The van der Waals surface area contributed by atoms with Crippen LogP contribution in [-0.2, 0) is 0 Å². The van der Waals surface area contributed by atoms with E-state index in [0.29, 0.717) is 13.3 Å². The number of hydrogen-bond donors (Lipinski definition) is 1. The zero-order valence-corrected chi connectivity index (χ0v) is 14.2. The number of halogens is 3. The number of alkyl halides is 1. The smallest absolute Gasteiger partial charge is 0.168 e. The standard InChI is InChI=1S/C11H25Cl3N5/c1-4-19(5-2,6-3)8-7-15-18-10-16(13)9-17(14)11(18)12/h11,15H,4-10H2,1-3H3/q+1. The van der Waals surface area contributed by atoms with E-state index in [0.717, 1.165) is 37.2 Å². The topological polar surface area (TPSA) is 21.8 Å². The van der Waals surface area contributed by atoms with Crippen molar-refractivity contribution >= 4 is 35.2 Å². The molecule has 1 atom stereocenters. The van der Waals surface area contributed by atoms with Crippen LogP contribution in [0.4, 0.5) is 0 Å². The van der Waals surface area contributed by atoms with Crippen LogP contribution >= 0.6 is 35.2 Å². The quantitative estimate of drug-likeness (QED) is 0.333. The van der Waals surface area contributed by atoms with Gasteiger partial charge in [-0.3, -0.25) is 0 Å². The van der Waals surface area contributed by atoms with Crippen LogP contribution in [0.1, 0.15) is 20.8 Å². The molecular weight excluding hydrogens is 309 g/mol. The molecular formula is C11H25Cl3N5+. The molecule has 1 unspecified atom stereocenters. The Morgan fingerprint density at radius 3 is 2.21 bits per heavy atom. The number of nitrogens with zero attached hydrogens (tertiary/aromatic N) is 4. The van der Waals surface area contributed by atoms with Gasteiger partial charge in [0.1, 0.15) is 0 Å². The molecule has 0 saturated carbocycles. The first-order chi connectivity index (χ1) is 8.98. The van der Waals surface area contributed by atoms with E-state index < -0.39 is 0 Å². The van der Waals surface area contributed by atoms with E-state index in [1.54, 1.807) is 4.42 Å². The van der Waals surface area contributed by atoms with Gasteiger partial charge in [-0.05, 0) is 44.3 Å². The Hall–Kier alpha value is 0.670. The van der Waals surface area contributed by atoms with Crippen molar-refractivity contribution in [2.45, 2.75) is 26.4 Å². The van der Waals surface area contributed by atoms with Crippen molar-refractivity contribution in [2.24, 2.45) is 0 Å². The lowest BCUT2D eigenvalue weighted by Gasteiger charge is -2.41. The fourth-order valence-corrected chi connectivity index (χ4v) is 3.06. The van der Waals surface area contributed by atoms with Gasteiger partial charge in [0.2, 0.25) is 0 Å². The molecule has 0 spiro atoms. The van der Waals surface area contributed by atoms with E-state index >= 15 is 0 Å². The molecule has 1 aliphatic rings. The highest BCUT2D eigenvalue weighted by Crippen LogP contribution is 2.19. The maximum Gasteiger partial charge on any atom is 0.168 e. The van der Waals surface area contributed by atoms with Gasteiger partial charge in [-0.25, -0.2) is 5.43 Å². The number of likely N-dealkylation sites (N-methyl/N-ethyl adjacent to an activating group) is 1. The van der Waals surface area contributed by atoms with E-state index in [4.69, 9.17) is 35.2 Å². The van der Waals surface area contributed by atoms with Crippen LogP contribution < -0.4 is 5.43 Å². The highest BCUT2D eigenvalue weighted by molar-refractivity contribution is 6.25. The Morgan fingerprint density at radius 1 is 1.11 bits per heavy atom. The van der Waals surface area contributed by atoms with Gasteiger partial charge in [-0.1, -0.05) is 11.6 Å². The van der Waals surface area contributed by atoms with Crippen LogP contribution in [0.25, 0.3) is 0 Å². The van der Waals surface area contributed by atoms with Crippen molar-refractivity contribution in [1.82, 2.24) is 19.3 Å². The van der Waals surface area contributed by atoms with Crippen LogP contribution in [0.2, 0.25) is 0 Å². The number of quaternary nitrogens is 1. The first-order valence-electron chi connectivity index (χ1n) is 6.80. The van der Waals surface area contributed by atoms with Gasteiger partial charge >= 0.3 is 0 Å². The summed E-state index contributed by atoms with van der Waals surface area (Å²) in [4.78, 5) is 0. The lowest BCUT2D eigenvalue weighted by atomic mass is 10.3. The molecule has 0 aliphatic carbocycles. The largest absolute Gasteiger partial charge is 0.323 e. The minimum atomic E-state index is -0.386. The van der Waals surface area contributed by atoms with Crippen molar-refractivity contribution in [1.29, 1.82) is 0 Å². The number of hydrogen-bond acceptors (Lipinski definition) is 4. The molecule has 1 heterocycles. The summed E-state index contributed by atoms with van der Waals surface area (Å²) in [5, 5.41) is 1.85. The molecule has 0 bridgehead atoms. The first kappa shape index (κ1) is 17.7. The second-order valence-corrected chi connectivity index (χ2v) is 6.15. The van der Waals surface area contributed by atoms with Gasteiger partial charge in [0.25, 0.3) is 0 Å². The molecule has 1 saturated heterocycles. The maximum absolute atomic E-state index is 6.22. The van der Waals surface area contributed by atoms with Crippen molar-refractivity contribution in [2.75, 3.05) is 46.1 Å². The van der Waals surface area contributed by atoms with Crippen molar-refractivity contribution < 1.29 is 4.48 Å². The van der Waals surface area contributed by atoms with Crippen molar-refractivity contribution in [3.63, 3.8) is 0 Å². The van der Waals surface area contributed by atoms with E-state index in [2.05, 4.69) is 26.2 Å². The fourth-order valence-electron chi connectivity index (χ4n) is 2.34. The summed E-state index contributed by atoms with van der Waals surface area (Å²) in [5.74, 6) is 0. The monoisotopic (exact) mass is 332 g/mol. The second-order valence-electron chi connectivity index (χ2n) is 4.85. The van der Waals surface area contributed by atoms with Gasteiger partial charge in [0, 0.05) is 0 Å². The summed E-state index contributed by atoms with van der Waals surface area (Å²) in [5.41, 5.74) is 2.94. The van der Waals surface area contributed by atoms with Gasteiger partial charge in [-0.2, -0.15) is 13.8 Å².